The van der Waals surface area contributed by atoms with Crippen LogP contribution in [0.5, 0.6) is 5.75 Å². The summed E-state index contributed by atoms with van der Waals surface area (Å²) >= 11 is 0. The van der Waals surface area contributed by atoms with Crippen molar-refractivity contribution in [1.82, 2.24) is 10.2 Å². The smallest absolute Gasteiger partial charge is 0.353 e. The summed E-state index contributed by atoms with van der Waals surface area (Å²) in [6.07, 6.45) is 4.45. The first-order valence-electron chi connectivity index (χ1n) is 6.68. The molecule has 5 heteroatoms. The lowest BCUT2D eigenvalue weighted by molar-refractivity contribution is 0.0690. The summed E-state index contributed by atoms with van der Waals surface area (Å²) in [5, 5.41) is 15.6. The summed E-state index contributed by atoms with van der Waals surface area (Å²) in [5.41, 5.74) is 4.09. The first-order valence-corrected chi connectivity index (χ1v) is 6.68. The zero-order chi connectivity index (χ0) is 14.1. The number of hydrogen-bond acceptors (Lipinski definition) is 3. The fourth-order valence-electron chi connectivity index (χ4n) is 2.80. The van der Waals surface area contributed by atoms with Crippen LogP contribution in [0.15, 0.2) is 18.2 Å². The number of methoxy groups -OCH3 is 1. The van der Waals surface area contributed by atoms with Crippen LogP contribution in [0.2, 0.25) is 0 Å². The van der Waals surface area contributed by atoms with Crippen molar-refractivity contribution in [3.8, 4) is 17.0 Å². The molecule has 0 bridgehead atoms. The highest BCUT2D eigenvalue weighted by atomic mass is 16.5. The number of carboxylic acid groups (broad SMARTS) is 1. The van der Waals surface area contributed by atoms with Crippen molar-refractivity contribution in [2.45, 2.75) is 25.7 Å². The average molecular weight is 272 g/mol. The van der Waals surface area contributed by atoms with Gasteiger partial charge in [-0.05, 0) is 48.9 Å². The van der Waals surface area contributed by atoms with E-state index in [4.69, 9.17) is 9.84 Å². The van der Waals surface area contributed by atoms with Gasteiger partial charge < -0.3 is 9.84 Å². The topological polar surface area (TPSA) is 75.2 Å². The van der Waals surface area contributed by atoms with Gasteiger partial charge in [0.1, 0.15) is 11.4 Å². The molecule has 104 valence electrons. The van der Waals surface area contributed by atoms with Crippen molar-refractivity contribution < 1.29 is 14.6 Å². The Morgan fingerprint density at radius 1 is 1.35 bits per heavy atom. The Hall–Kier alpha value is -2.30. The van der Waals surface area contributed by atoms with Crippen molar-refractivity contribution in [2.75, 3.05) is 7.11 Å². The molecule has 1 aliphatic rings. The largest absolute Gasteiger partial charge is 0.496 e. The number of rotatable bonds is 3. The minimum absolute atomic E-state index is 0.0831. The van der Waals surface area contributed by atoms with Gasteiger partial charge in [-0.1, -0.05) is 6.07 Å². The number of nitrogens with one attached hydrogen (secondary N) is 1. The Morgan fingerprint density at radius 2 is 2.15 bits per heavy atom. The highest BCUT2D eigenvalue weighted by Crippen LogP contribution is 2.37. The van der Waals surface area contributed by atoms with Crippen molar-refractivity contribution in [1.29, 1.82) is 0 Å². The molecule has 3 rings (SSSR count). The molecule has 0 amide bonds. The molecule has 0 atom stereocenters. The van der Waals surface area contributed by atoms with E-state index in [1.165, 1.54) is 23.6 Å². The predicted octanol–water partition coefficient (Wildman–Crippen LogP) is 2.66. The molecule has 1 heterocycles. The van der Waals surface area contributed by atoms with Crippen LogP contribution in [0.4, 0.5) is 0 Å². The van der Waals surface area contributed by atoms with Gasteiger partial charge in [0.15, 0.2) is 0 Å². The summed E-state index contributed by atoms with van der Waals surface area (Å²) in [5.74, 6) is -0.189. The van der Waals surface area contributed by atoms with E-state index in [0.717, 1.165) is 30.6 Å². The summed E-state index contributed by atoms with van der Waals surface area (Å²) in [7, 11) is 1.65. The van der Waals surface area contributed by atoms with E-state index in [2.05, 4.69) is 16.3 Å². The minimum atomic E-state index is -1.01. The number of benzene rings is 1. The van der Waals surface area contributed by atoms with E-state index < -0.39 is 5.97 Å². The average Bonchev–Trinajstić information content (AvgIpc) is 2.95. The van der Waals surface area contributed by atoms with Gasteiger partial charge in [0.05, 0.1) is 12.8 Å². The second-order valence-electron chi connectivity index (χ2n) is 4.96. The minimum Gasteiger partial charge on any atom is -0.496 e. The number of carbonyl (C=O) groups is 1. The van der Waals surface area contributed by atoms with E-state index in [-0.39, 0.29) is 5.69 Å². The lowest BCUT2D eigenvalue weighted by Gasteiger charge is -2.20. The summed E-state index contributed by atoms with van der Waals surface area (Å²) in [6.45, 7) is 0. The van der Waals surface area contributed by atoms with Crippen molar-refractivity contribution in [3.05, 3.63) is 35.0 Å². The second-order valence-corrected chi connectivity index (χ2v) is 4.96. The Bertz CT molecular complexity index is 661. The van der Waals surface area contributed by atoms with Crippen LogP contribution in [0.3, 0.4) is 0 Å². The third kappa shape index (κ3) is 2.05. The highest BCUT2D eigenvalue weighted by molar-refractivity contribution is 5.87. The fraction of sp³-hybridized carbons (Fsp3) is 0.333. The summed E-state index contributed by atoms with van der Waals surface area (Å²) < 4.78 is 5.57. The molecule has 0 radical (unpaired) electrons. The number of aromatic carboxylic acids is 1. The van der Waals surface area contributed by atoms with Crippen molar-refractivity contribution in [3.63, 3.8) is 0 Å². The first-order chi connectivity index (χ1) is 9.70. The zero-order valence-corrected chi connectivity index (χ0v) is 11.3. The molecule has 5 nitrogen and oxygen atoms in total. The number of H-pyrrole nitrogens is 1. The lowest BCUT2D eigenvalue weighted by Crippen LogP contribution is -2.06. The lowest BCUT2D eigenvalue weighted by atomic mass is 9.88. The fourth-order valence-corrected chi connectivity index (χ4v) is 2.80. The van der Waals surface area contributed by atoms with Crippen LogP contribution < -0.4 is 4.74 Å². The number of fused-ring (bicyclic) bond motifs is 1. The van der Waals surface area contributed by atoms with Crippen molar-refractivity contribution >= 4 is 5.97 Å². The molecule has 2 aromatic rings. The Labute approximate surface area is 116 Å². The van der Waals surface area contributed by atoms with Crippen LogP contribution in [0, 0.1) is 0 Å². The van der Waals surface area contributed by atoms with Gasteiger partial charge >= 0.3 is 5.97 Å². The molecular formula is C15H16N2O3. The normalized spacial score (nSPS) is 13.8. The van der Waals surface area contributed by atoms with Crippen LogP contribution in [0.25, 0.3) is 11.3 Å². The van der Waals surface area contributed by atoms with E-state index in [1.54, 1.807) is 7.11 Å². The molecule has 20 heavy (non-hydrogen) atoms. The Morgan fingerprint density at radius 3 is 2.85 bits per heavy atom. The van der Waals surface area contributed by atoms with Gasteiger partial charge in [-0.3, -0.25) is 5.10 Å². The van der Waals surface area contributed by atoms with Crippen LogP contribution >= 0.6 is 0 Å². The molecule has 0 unspecified atom stereocenters. The molecule has 0 fully saturated rings. The Kier molecular flexibility index (Phi) is 3.18. The molecule has 0 saturated heterocycles. The number of aromatic amines is 1. The molecule has 0 spiro atoms. The predicted molar refractivity (Wildman–Crippen MR) is 74.2 cm³/mol. The van der Waals surface area contributed by atoms with Gasteiger partial charge in [-0.25, -0.2) is 4.79 Å². The third-order valence-electron chi connectivity index (χ3n) is 3.77. The number of carboxylic acids is 1. The first kappa shape index (κ1) is 12.7. The summed E-state index contributed by atoms with van der Waals surface area (Å²) in [4.78, 5) is 10.9. The van der Waals surface area contributed by atoms with Gasteiger partial charge in [0.2, 0.25) is 0 Å². The maximum absolute atomic E-state index is 10.9. The van der Waals surface area contributed by atoms with Crippen LogP contribution in [0.1, 0.15) is 34.5 Å². The molecule has 2 N–H and O–H groups in total. The Balaban J connectivity index is 2.10. The second kappa shape index (κ2) is 5.00. The number of aromatic nitrogens is 2. The SMILES string of the molecule is COc1c(-c2cc(C(=O)O)[nH]n2)ccc2c1CCCC2. The van der Waals surface area contributed by atoms with Gasteiger partial charge in [-0.15, -0.1) is 0 Å². The number of nitrogens with zero attached hydrogens (tertiary/aromatic N) is 1. The maximum atomic E-state index is 10.9. The molecular weight excluding hydrogens is 256 g/mol. The van der Waals surface area contributed by atoms with E-state index in [9.17, 15) is 4.79 Å². The third-order valence-corrected chi connectivity index (χ3v) is 3.77. The molecule has 0 saturated carbocycles. The molecule has 1 aliphatic carbocycles. The number of aryl methyl sites for hydroxylation is 1. The maximum Gasteiger partial charge on any atom is 0.353 e. The van der Waals surface area contributed by atoms with E-state index in [0.29, 0.717) is 5.69 Å². The van der Waals surface area contributed by atoms with Crippen LogP contribution in [-0.2, 0) is 12.8 Å². The summed E-state index contributed by atoms with van der Waals surface area (Å²) in [6, 6.07) is 5.60. The number of hydrogen-bond donors (Lipinski definition) is 2. The molecule has 1 aromatic heterocycles. The van der Waals surface area contributed by atoms with E-state index >= 15 is 0 Å². The van der Waals surface area contributed by atoms with E-state index in [1.807, 2.05) is 6.07 Å². The van der Waals surface area contributed by atoms with Gasteiger partial charge in [-0.2, -0.15) is 5.10 Å². The zero-order valence-electron chi connectivity index (χ0n) is 11.3. The molecule has 0 aliphatic heterocycles. The van der Waals surface area contributed by atoms with Crippen molar-refractivity contribution in [2.24, 2.45) is 0 Å². The van der Waals surface area contributed by atoms with Gasteiger partial charge in [0, 0.05) is 5.56 Å². The monoisotopic (exact) mass is 272 g/mol. The molecule has 1 aromatic carbocycles. The van der Waals surface area contributed by atoms with Crippen LogP contribution in [-0.4, -0.2) is 28.4 Å². The highest BCUT2D eigenvalue weighted by Gasteiger charge is 2.20. The standard InChI is InChI=1S/C15H16N2O3/c1-20-14-10-5-3-2-4-9(10)6-7-11(14)12-8-13(15(18)19)17-16-12/h6-8H,2-5H2,1H3,(H,16,17)(H,18,19). The van der Waals surface area contributed by atoms with Gasteiger partial charge in [0.25, 0.3) is 0 Å². The number of ether oxygens (including phenoxy) is 1. The quantitative estimate of drug-likeness (QED) is 0.900.